The van der Waals surface area contributed by atoms with Gasteiger partial charge in [-0.3, -0.25) is 9.36 Å². The van der Waals surface area contributed by atoms with Crippen molar-refractivity contribution in [3.63, 3.8) is 0 Å². The van der Waals surface area contributed by atoms with Crippen molar-refractivity contribution < 1.29 is 4.79 Å². The van der Waals surface area contributed by atoms with E-state index in [0.717, 1.165) is 21.3 Å². The maximum atomic E-state index is 13.6. The van der Waals surface area contributed by atoms with Crippen molar-refractivity contribution in [3.8, 4) is 5.69 Å². The Morgan fingerprint density at radius 1 is 1.03 bits per heavy atom. The molecule has 3 aromatic carbocycles. The van der Waals surface area contributed by atoms with Crippen LogP contribution in [-0.2, 0) is 0 Å². The van der Waals surface area contributed by atoms with Crippen molar-refractivity contribution in [1.29, 1.82) is 0 Å². The van der Waals surface area contributed by atoms with Gasteiger partial charge in [-0.15, -0.1) is 0 Å². The first-order valence-electron chi connectivity index (χ1n) is 11.2. The lowest BCUT2D eigenvalue weighted by molar-refractivity contribution is 0.193. The van der Waals surface area contributed by atoms with Gasteiger partial charge in [0.05, 0.1) is 22.6 Å². The van der Waals surface area contributed by atoms with Crippen LogP contribution in [0.2, 0.25) is 0 Å². The fraction of sp³-hybridized carbons (Fsp3) is 0.222. The number of fused-ring (bicyclic) bond motifs is 1. The first kappa shape index (κ1) is 23.7. The Labute approximate surface area is 207 Å². The number of rotatable bonds is 5. The van der Waals surface area contributed by atoms with Crippen molar-refractivity contribution in [2.75, 3.05) is 11.9 Å². The third-order valence-corrected chi connectivity index (χ3v) is 6.57. The maximum Gasteiger partial charge on any atom is 0.322 e. The predicted molar refractivity (Wildman–Crippen MR) is 141 cm³/mol. The minimum absolute atomic E-state index is 0.166. The Hall–Kier alpha value is -3.45. The molecule has 0 bridgehead atoms. The molecule has 7 heteroatoms. The largest absolute Gasteiger partial charge is 0.322 e. The molecular weight excluding hydrogens is 492 g/mol. The second kappa shape index (κ2) is 9.81. The molecule has 174 valence electrons. The van der Waals surface area contributed by atoms with Gasteiger partial charge in [0.2, 0.25) is 0 Å². The van der Waals surface area contributed by atoms with Crippen molar-refractivity contribution in [1.82, 2.24) is 14.5 Å². The average molecular weight is 519 g/mol. The number of carbonyl (C=O) groups excluding carboxylic acids is 1. The molecule has 0 aliphatic rings. The number of benzene rings is 3. The SMILES string of the molecule is CCN(C(=O)Nc1c(C)cccc1C)C(C)c1nc2ccccc2c(=O)n1-c1ccc(Br)cc1. The number of anilines is 1. The predicted octanol–water partition coefficient (Wildman–Crippen LogP) is 6.38. The highest BCUT2D eigenvalue weighted by Gasteiger charge is 2.26. The van der Waals surface area contributed by atoms with E-state index in [-0.39, 0.29) is 11.6 Å². The Balaban J connectivity index is 1.82. The number of nitrogens with zero attached hydrogens (tertiary/aromatic N) is 3. The Morgan fingerprint density at radius 2 is 1.68 bits per heavy atom. The van der Waals surface area contributed by atoms with Crippen LogP contribution >= 0.6 is 15.9 Å². The maximum absolute atomic E-state index is 13.6. The van der Waals surface area contributed by atoms with E-state index in [0.29, 0.717) is 29.0 Å². The summed E-state index contributed by atoms with van der Waals surface area (Å²) in [4.78, 5) is 33.5. The van der Waals surface area contributed by atoms with E-state index in [1.807, 2.05) is 88.4 Å². The Bertz CT molecular complexity index is 1390. The zero-order valence-corrected chi connectivity index (χ0v) is 21.3. The topological polar surface area (TPSA) is 67.2 Å². The van der Waals surface area contributed by atoms with E-state index in [9.17, 15) is 9.59 Å². The molecule has 6 nitrogen and oxygen atoms in total. The molecule has 1 heterocycles. The number of aryl methyl sites for hydroxylation is 2. The van der Waals surface area contributed by atoms with Gasteiger partial charge in [-0.1, -0.05) is 46.3 Å². The Kier molecular flexibility index (Phi) is 6.84. The average Bonchev–Trinajstić information content (AvgIpc) is 2.82. The molecule has 1 unspecified atom stereocenters. The lowest BCUT2D eigenvalue weighted by Crippen LogP contribution is -2.40. The highest BCUT2D eigenvalue weighted by Crippen LogP contribution is 2.26. The summed E-state index contributed by atoms with van der Waals surface area (Å²) in [5.41, 5.74) is 3.92. The van der Waals surface area contributed by atoms with Crippen LogP contribution < -0.4 is 10.9 Å². The van der Waals surface area contributed by atoms with E-state index < -0.39 is 6.04 Å². The smallest absolute Gasteiger partial charge is 0.315 e. The second-order valence-electron chi connectivity index (χ2n) is 8.26. The lowest BCUT2D eigenvalue weighted by Gasteiger charge is -2.30. The molecule has 0 aliphatic carbocycles. The zero-order valence-electron chi connectivity index (χ0n) is 19.7. The van der Waals surface area contributed by atoms with E-state index in [1.165, 1.54) is 0 Å². The van der Waals surface area contributed by atoms with Crippen LogP contribution in [0.3, 0.4) is 0 Å². The van der Waals surface area contributed by atoms with Crippen LogP contribution in [0.1, 0.15) is 36.8 Å². The van der Waals surface area contributed by atoms with Gasteiger partial charge in [0.25, 0.3) is 5.56 Å². The fourth-order valence-corrected chi connectivity index (χ4v) is 4.46. The molecular formula is C27H27BrN4O2. The third-order valence-electron chi connectivity index (χ3n) is 6.04. The zero-order chi connectivity index (χ0) is 24.4. The number of hydrogen-bond donors (Lipinski definition) is 1. The highest BCUT2D eigenvalue weighted by molar-refractivity contribution is 9.10. The molecule has 0 fully saturated rings. The number of aromatic nitrogens is 2. The number of nitrogens with one attached hydrogen (secondary N) is 1. The van der Waals surface area contributed by atoms with Crippen LogP contribution in [0, 0.1) is 13.8 Å². The van der Waals surface area contributed by atoms with Crippen LogP contribution in [0.5, 0.6) is 0 Å². The van der Waals surface area contributed by atoms with E-state index in [4.69, 9.17) is 4.98 Å². The van der Waals surface area contributed by atoms with Gasteiger partial charge >= 0.3 is 6.03 Å². The summed E-state index contributed by atoms with van der Waals surface area (Å²) < 4.78 is 2.52. The first-order valence-corrected chi connectivity index (χ1v) is 12.0. The van der Waals surface area contributed by atoms with Gasteiger partial charge < -0.3 is 10.2 Å². The number of urea groups is 1. The standard InChI is InChI=1S/C27H27BrN4O2/c1-5-31(27(34)30-24-17(2)9-8-10-18(24)3)19(4)25-29-23-12-7-6-11-22(23)26(33)32(25)21-15-13-20(28)14-16-21/h6-16,19H,5H2,1-4H3,(H,30,34). The molecule has 0 saturated carbocycles. The van der Waals surface area contributed by atoms with Gasteiger partial charge in [-0.05, 0) is 75.2 Å². The van der Waals surface area contributed by atoms with E-state index >= 15 is 0 Å². The van der Waals surface area contributed by atoms with Crippen LogP contribution in [0.25, 0.3) is 16.6 Å². The first-order chi connectivity index (χ1) is 16.3. The van der Waals surface area contributed by atoms with Gasteiger partial charge in [-0.25, -0.2) is 9.78 Å². The summed E-state index contributed by atoms with van der Waals surface area (Å²) in [5.74, 6) is 0.504. The number of para-hydroxylation sites is 2. The number of amides is 2. The number of halogens is 1. The summed E-state index contributed by atoms with van der Waals surface area (Å²) in [6.07, 6.45) is 0. The molecule has 34 heavy (non-hydrogen) atoms. The monoisotopic (exact) mass is 518 g/mol. The highest BCUT2D eigenvalue weighted by atomic mass is 79.9. The van der Waals surface area contributed by atoms with Gasteiger partial charge in [0, 0.05) is 16.7 Å². The Morgan fingerprint density at radius 3 is 2.32 bits per heavy atom. The van der Waals surface area contributed by atoms with E-state index in [2.05, 4.69) is 21.2 Å². The molecule has 0 aliphatic heterocycles. The molecule has 1 N–H and O–H groups in total. The van der Waals surface area contributed by atoms with Crippen molar-refractivity contribution in [3.05, 3.63) is 98.5 Å². The normalized spacial score (nSPS) is 11.9. The third kappa shape index (κ3) is 4.48. The molecule has 0 saturated heterocycles. The van der Waals surface area contributed by atoms with Crippen molar-refractivity contribution in [2.45, 2.75) is 33.7 Å². The van der Waals surface area contributed by atoms with Gasteiger partial charge in [0.15, 0.2) is 0 Å². The molecule has 2 amide bonds. The lowest BCUT2D eigenvalue weighted by atomic mass is 10.1. The second-order valence-corrected chi connectivity index (χ2v) is 9.18. The molecule has 1 atom stereocenters. The fourth-order valence-electron chi connectivity index (χ4n) is 4.19. The number of carbonyl (C=O) groups is 1. The minimum atomic E-state index is -0.463. The molecule has 4 aromatic rings. The van der Waals surface area contributed by atoms with Crippen molar-refractivity contribution in [2.24, 2.45) is 0 Å². The molecule has 1 aromatic heterocycles. The summed E-state index contributed by atoms with van der Waals surface area (Å²) in [7, 11) is 0. The van der Waals surface area contributed by atoms with Gasteiger partial charge in [0.1, 0.15) is 5.82 Å². The van der Waals surface area contributed by atoms with Crippen LogP contribution in [0.4, 0.5) is 10.5 Å². The quantitative estimate of drug-likeness (QED) is 0.333. The molecule has 0 radical (unpaired) electrons. The number of hydrogen-bond acceptors (Lipinski definition) is 3. The summed E-state index contributed by atoms with van der Waals surface area (Å²) in [5, 5.41) is 3.60. The minimum Gasteiger partial charge on any atom is -0.315 e. The molecule has 4 rings (SSSR count). The summed E-state index contributed by atoms with van der Waals surface area (Å²) >= 11 is 3.46. The van der Waals surface area contributed by atoms with Gasteiger partial charge in [-0.2, -0.15) is 0 Å². The van der Waals surface area contributed by atoms with Crippen molar-refractivity contribution >= 4 is 38.6 Å². The van der Waals surface area contributed by atoms with E-state index in [1.54, 1.807) is 15.5 Å². The molecule has 0 spiro atoms. The van der Waals surface area contributed by atoms with Crippen LogP contribution in [-0.4, -0.2) is 27.0 Å². The van der Waals surface area contributed by atoms with Crippen LogP contribution in [0.15, 0.2) is 76.0 Å². The summed E-state index contributed by atoms with van der Waals surface area (Å²) in [6, 6.07) is 20.0. The summed E-state index contributed by atoms with van der Waals surface area (Å²) in [6.45, 7) is 8.21.